The van der Waals surface area contributed by atoms with Gasteiger partial charge >= 0.3 is 0 Å². The third-order valence-electron chi connectivity index (χ3n) is 8.70. The zero-order chi connectivity index (χ0) is 23.8. The van der Waals surface area contributed by atoms with E-state index in [1.165, 1.54) is 37.8 Å². The Morgan fingerprint density at radius 1 is 1.12 bits per heavy atom. The van der Waals surface area contributed by atoms with Crippen molar-refractivity contribution in [3.05, 3.63) is 72.6 Å². The summed E-state index contributed by atoms with van der Waals surface area (Å²) in [5, 5.41) is 3.05. The molecular formula is C30H39N3O. The second-order valence-electron chi connectivity index (χ2n) is 11.1. The first kappa shape index (κ1) is 23.0. The standard InChI is InChI=1S/C30H39N3O/c1-4-32(5-2)25-11-13-26(14-12-25)33-16-8-9-27(33)21-31-28(34)10-6-7-15-30-19-23-17-24(30)20-29(3,18-23)22-30/h6-16,23-24H,4-5,17-22H2,1-3H3,(H,31,34)/b10-6+,15-7+. The molecule has 4 aliphatic carbocycles. The van der Waals surface area contributed by atoms with E-state index in [1.54, 1.807) is 6.08 Å². The van der Waals surface area contributed by atoms with Crippen LogP contribution in [0.2, 0.25) is 0 Å². The van der Waals surface area contributed by atoms with Crippen LogP contribution < -0.4 is 10.2 Å². The van der Waals surface area contributed by atoms with Gasteiger partial charge in [0.15, 0.2) is 0 Å². The molecule has 0 radical (unpaired) electrons. The van der Waals surface area contributed by atoms with Crippen molar-refractivity contribution in [1.82, 2.24) is 9.88 Å². The SMILES string of the molecule is CCN(CC)c1ccc(-n2cccc2CNC(=O)/C=C/C=C/C23CC4CC2CC(C)(C4)C3)cc1. The van der Waals surface area contributed by atoms with Crippen LogP contribution in [0.4, 0.5) is 5.69 Å². The number of aromatic nitrogens is 1. The largest absolute Gasteiger partial charge is 0.372 e. The third kappa shape index (κ3) is 4.35. The Morgan fingerprint density at radius 3 is 2.65 bits per heavy atom. The molecule has 1 heterocycles. The normalized spacial score (nSPS) is 29.5. The molecule has 1 aromatic heterocycles. The first-order valence-corrected chi connectivity index (χ1v) is 13.1. The molecular weight excluding hydrogens is 418 g/mol. The van der Waals surface area contributed by atoms with Crippen LogP contribution in [-0.2, 0) is 11.3 Å². The van der Waals surface area contributed by atoms with Crippen molar-refractivity contribution < 1.29 is 4.79 Å². The van der Waals surface area contributed by atoms with Gasteiger partial charge in [-0.2, -0.15) is 0 Å². The fourth-order valence-corrected chi connectivity index (χ4v) is 7.51. The number of benzene rings is 1. The molecule has 4 fully saturated rings. The van der Waals surface area contributed by atoms with E-state index >= 15 is 0 Å². The van der Waals surface area contributed by atoms with Crippen molar-refractivity contribution >= 4 is 11.6 Å². The predicted octanol–water partition coefficient (Wildman–Crippen LogP) is 6.27. The van der Waals surface area contributed by atoms with E-state index in [0.717, 1.165) is 36.3 Å². The molecule has 4 nitrogen and oxygen atoms in total. The van der Waals surface area contributed by atoms with E-state index < -0.39 is 0 Å². The predicted molar refractivity (Wildman–Crippen MR) is 140 cm³/mol. The number of rotatable bonds is 9. The summed E-state index contributed by atoms with van der Waals surface area (Å²) in [6.45, 7) is 9.35. The Bertz CT molecular complexity index is 1080. The minimum atomic E-state index is -0.0454. The maximum absolute atomic E-state index is 12.5. The Morgan fingerprint density at radius 2 is 1.91 bits per heavy atom. The van der Waals surface area contributed by atoms with E-state index in [4.69, 9.17) is 0 Å². The molecule has 0 spiro atoms. The van der Waals surface area contributed by atoms with Gasteiger partial charge in [-0.05, 0) is 105 Å². The van der Waals surface area contributed by atoms with Crippen LogP contribution >= 0.6 is 0 Å². The molecule has 34 heavy (non-hydrogen) atoms. The summed E-state index contributed by atoms with van der Waals surface area (Å²) in [4.78, 5) is 14.8. The van der Waals surface area contributed by atoms with Gasteiger partial charge in [0, 0.05) is 42.4 Å². The fourth-order valence-electron chi connectivity index (χ4n) is 7.51. The van der Waals surface area contributed by atoms with Crippen molar-refractivity contribution in [2.24, 2.45) is 22.7 Å². The minimum absolute atomic E-state index is 0.0454. The van der Waals surface area contributed by atoms with Crippen LogP contribution in [0.3, 0.4) is 0 Å². The molecule has 1 amide bonds. The van der Waals surface area contributed by atoms with Crippen molar-refractivity contribution in [2.75, 3.05) is 18.0 Å². The number of nitrogens with one attached hydrogen (secondary N) is 1. The van der Waals surface area contributed by atoms with Gasteiger partial charge in [0.05, 0.1) is 6.54 Å². The quantitative estimate of drug-likeness (QED) is 0.356. The lowest BCUT2D eigenvalue weighted by atomic mass is 9.68. The van der Waals surface area contributed by atoms with Crippen molar-refractivity contribution in [1.29, 1.82) is 0 Å². The maximum atomic E-state index is 12.5. The van der Waals surface area contributed by atoms with Gasteiger partial charge < -0.3 is 14.8 Å². The van der Waals surface area contributed by atoms with Crippen molar-refractivity contribution in [2.45, 2.75) is 59.4 Å². The summed E-state index contributed by atoms with van der Waals surface area (Å²) >= 11 is 0. The summed E-state index contributed by atoms with van der Waals surface area (Å²) in [6.07, 6.45) is 17.1. The molecule has 4 atom stereocenters. The number of allylic oxidation sites excluding steroid dienone is 3. The monoisotopic (exact) mass is 457 g/mol. The third-order valence-corrected chi connectivity index (χ3v) is 8.70. The highest BCUT2D eigenvalue weighted by Crippen LogP contribution is 2.70. The van der Waals surface area contributed by atoms with E-state index in [2.05, 4.69) is 84.2 Å². The average molecular weight is 458 g/mol. The fraction of sp³-hybridized carbons (Fsp3) is 0.500. The highest BCUT2D eigenvalue weighted by Gasteiger charge is 2.60. The van der Waals surface area contributed by atoms with Crippen LogP contribution in [0.25, 0.3) is 5.69 Å². The zero-order valence-corrected chi connectivity index (χ0v) is 21.0. The van der Waals surface area contributed by atoms with Gasteiger partial charge in [-0.25, -0.2) is 0 Å². The molecule has 4 heteroatoms. The molecule has 4 saturated carbocycles. The molecule has 4 aliphatic rings. The molecule has 6 rings (SSSR count). The molecule has 2 aromatic rings. The second-order valence-corrected chi connectivity index (χ2v) is 11.1. The number of carbonyl (C=O) groups is 1. The average Bonchev–Trinajstić information content (AvgIpc) is 3.44. The van der Waals surface area contributed by atoms with Gasteiger partial charge in [0.2, 0.25) is 5.91 Å². The summed E-state index contributed by atoms with van der Waals surface area (Å²) in [7, 11) is 0. The van der Waals surface area contributed by atoms with Gasteiger partial charge in [-0.15, -0.1) is 0 Å². The molecule has 180 valence electrons. The van der Waals surface area contributed by atoms with E-state index in [0.29, 0.717) is 17.4 Å². The zero-order valence-electron chi connectivity index (χ0n) is 21.0. The van der Waals surface area contributed by atoms with Crippen LogP contribution in [0.5, 0.6) is 0 Å². The number of hydrogen-bond donors (Lipinski definition) is 1. The van der Waals surface area contributed by atoms with Crippen molar-refractivity contribution in [3.8, 4) is 5.69 Å². The Labute approximate surface area is 204 Å². The van der Waals surface area contributed by atoms with E-state index in [1.807, 2.05) is 12.1 Å². The lowest BCUT2D eigenvalue weighted by Gasteiger charge is -2.37. The van der Waals surface area contributed by atoms with Gasteiger partial charge in [-0.1, -0.05) is 25.2 Å². The van der Waals surface area contributed by atoms with Crippen LogP contribution in [0, 0.1) is 22.7 Å². The molecule has 4 bridgehead atoms. The summed E-state index contributed by atoms with van der Waals surface area (Å²) in [5.74, 6) is 1.75. The maximum Gasteiger partial charge on any atom is 0.244 e. The Kier molecular flexibility index (Phi) is 6.18. The highest BCUT2D eigenvalue weighted by molar-refractivity contribution is 5.87. The Balaban J connectivity index is 1.16. The smallest absolute Gasteiger partial charge is 0.244 e. The molecule has 0 saturated heterocycles. The van der Waals surface area contributed by atoms with Crippen LogP contribution in [0.1, 0.15) is 58.6 Å². The molecule has 1 aromatic carbocycles. The van der Waals surface area contributed by atoms with Crippen molar-refractivity contribution in [3.63, 3.8) is 0 Å². The molecule has 1 N–H and O–H groups in total. The number of carbonyl (C=O) groups excluding carboxylic acids is 1. The summed E-state index contributed by atoms with van der Waals surface area (Å²) in [6, 6.07) is 12.7. The number of nitrogens with zero attached hydrogens (tertiary/aromatic N) is 2. The van der Waals surface area contributed by atoms with Crippen LogP contribution in [0.15, 0.2) is 66.9 Å². The van der Waals surface area contributed by atoms with Crippen LogP contribution in [-0.4, -0.2) is 23.6 Å². The first-order chi connectivity index (χ1) is 16.4. The second kappa shape index (κ2) is 9.13. The van der Waals surface area contributed by atoms with E-state index in [-0.39, 0.29) is 5.91 Å². The topological polar surface area (TPSA) is 37.3 Å². The molecule has 4 unspecified atom stereocenters. The summed E-state index contributed by atoms with van der Waals surface area (Å²) < 4.78 is 2.14. The highest BCUT2D eigenvalue weighted by atomic mass is 16.1. The minimum Gasteiger partial charge on any atom is -0.372 e. The van der Waals surface area contributed by atoms with Gasteiger partial charge in [-0.3, -0.25) is 4.79 Å². The number of amides is 1. The number of anilines is 1. The number of hydrogen-bond acceptors (Lipinski definition) is 2. The lowest BCUT2D eigenvalue weighted by Crippen LogP contribution is -2.26. The van der Waals surface area contributed by atoms with Gasteiger partial charge in [0.25, 0.3) is 0 Å². The lowest BCUT2D eigenvalue weighted by molar-refractivity contribution is -0.116. The first-order valence-electron chi connectivity index (χ1n) is 13.1. The summed E-state index contributed by atoms with van der Waals surface area (Å²) in [5.41, 5.74) is 4.38. The Hall–Kier alpha value is -2.75. The molecule has 0 aliphatic heterocycles. The van der Waals surface area contributed by atoms with E-state index in [9.17, 15) is 4.79 Å². The van der Waals surface area contributed by atoms with Gasteiger partial charge in [0.1, 0.15) is 0 Å².